The molecule has 1 aromatic heterocycles. The molecule has 1 fully saturated rings. The maximum Gasteiger partial charge on any atom is 0.293 e. The Bertz CT molecular complexity index is 1220. The van der Waals surface area contributed by atoms with Crippen LogP contribution in [0.3, 0.4) is 0 Å². The zero-order chi connectivity index (χ0) is 22.0. The topological polar surface area (TPSA) is 79.6 Å². The van der Waals surface area contributed by atoms with E-state index in [0.29, 0.717) is 0 Å². The number of nitrogens with zero attached hydrogens (tertiary/aromatic N) is 1. The average molecular weight is 438 g/mol. The van der Waals surface area contributed by atoms with Gasteiger partial charge in [0.1, 0.15) is 11.4 Å². The second-order valence-electron chi connectivity index (χ2n) is 7.14. The van der Waals surface area contributed by atoms with Gasteiger partial charge in [-0.25, -0.2) is 4.39 Å². The molecule has 31 heavy (non-hydrogen) atoms. The van der Waals surface area contributed by atoms with Crippen LogP contribution in [-0.2, 0) is 16.0 Å². The molecule has 3 amide bonds. The van der Waals surface area contributed by atoms with E-state index < -0.39 is 17.0 Å². The zero-order valence-corrected chi connectivity index (χ0v) is 17.5. The van der Waals surface area contributed by atoms with Gasteiger partial charge >= 0.3 is 0 Å². The Kier molecular flexibility index (Phi) is 5.90. The summed E-state index contributed by atoms with van der Waals surface area (Å²) in [5.74, 6) is -1.20. The van der Waals surface area contributed by atoms with Crippen LogP contribution in [-0.4, -0.2) is 35.0 Å². The van der Waals surface area contributed by atoms with Gasteiger partial charge in [0.15, 0.2) is 0 Å². The predicted molar refractivity (Wildman–Crippen MR) is 117 cm³/mol. The lowest BCUT2D eigenvalue weighted by atomic mass is 10.1. The molecule has 0 aliphatic carbocycles. The number of fused-ring (bicyclic) bond motifs is 1. The van der Waals surface area contributed by atoms with Gasteiger partial charge in [-0.05, 0) is 42.5 Å². The Morgan fingerprint density at radius 1 is 1.23 bits per heavy atom. The Balaban J connectivity index is 1.33. The molecule has 0 spiro atoms. The third-order valence-corrected chi connectivity index (χ3v) is 5.79. The summed E-state index contributed by atoms with van der Waals surface area (Å²) in [7, 11) is 0. The summed E-state index contributed by atoms with van der Waals surface area (Å²) in [6.07, 6.45) is 3.06. The van der Waals surface area contributed by atoms with Crippen LogP contribution in [0.4, 0.5) is 9.18 Å². The summed E-state index contributed by atoms with van der Waals surface area (Å²) in [5, 5.41) is 3.16. The lowest BCUT2D eigenvalue weighted by Crippen LogP contribution is -2.37. The number of rotatable bonds is 6. The van der Waals surface area contributed by atoms with Crippen LogP contribution in [0.15, 0.2) is 58.1 Å². The van der Waals surface area contributed by atoms with Gasteiger partial charge in [0, 0.05) is 29.6 Å². The quantitative estimate of drug-likeness (QED) is 0.582. The van der Waals surface area contributed by atoms with Crippen LogP contribution in [0.1, 0.15) is 16.7 Å². The van der Waals surface area contributed by atoms with Gasteiger partial charge in [0.05, 0.1) is 17.6 Å². The predicted octanol–water partition coefficient (Wildman–Crippen LogP) is 4.28. The van der Waals surface area contributed by atoms with Gasteiger partial charge in [-0.1, -0.05) is 30.3 Å². The van der Waals surface area contributed by atoms with Crippen LogP contribution < -0.4 is 5.32 Å². The number of benzene rings is 2. The molecule has 4 rings (SSSR count). The normalized spacial score (nSPS) is 15.3. The molecule has 0 saturated carbocycles. The second-order valence-corrected chi connectivity index (χ2v) is 8.14. The van der Waals surface area contributed by atoms with E-state index in [9.17, 15) is 18.8 Å². The van der Waals surface area contributed by atoms with Crippen molar-refractivity contribution < 1.29 is 23.2 Å². The average Bonchev–Trinajstić information content (AvgIpc) is 3.24. The smallest absolute Gasteiger partial charge is 0.293 e. The summed E-state index contributed by atoms with van der Waals surface area (Å²) >= 11 is 0.757. The molecule has 0 radical (unpaired) electrons. The standard InChI is InChI=1S/C23H19FN2O4S/c1-14-6-7-17-16(13-30-19(17)10-14)12-21(27)25-8-9-26-22(28)20(31-23(26)29)11-15-4-2-3-5-18(15)24/h2-7,10-11,13H,8-9,12H2,1H3,(H,25,27)/b20-11+. The fraction of sp³-hybridized carbons (Fsp3) is 0.174. The minimum atomic E-state index is -0.497. The highest BCUT2D eigenvalue weighted by molar-refractivity contribution is 8.18. The number of halogens is 1. The van der Waals surface area contributed by atoms with Crippen molar-refractivity contribution in [1.29, 1.82) is 0 Å². The minimum Gasteiger partial charge on any atom is -0.464 e. The number of furan rings is 1. The van der Waals surface area contributed by atoms with Crippen molar-refractivity contribution >= 4 is 45.9 Å². The molecule has 1 aliphatic rings. The first kappa shape index (κ1) is 20.9. The van der Waals surface area contributed by atoms with Gasteiger partial charge < -0.3 is 9.73 Å². The number of hydrogen-bond donors (Lipinski definition) is 1. The molecule has 6 nitrogen and oxygen atoms in total. The molecule has 3 aromatic rings. The molecule has 1 saturated heterocycles. The van der Waals surface area contributed by atoms with Crippen LogP contribution in [0.25, 0.3) is 17.0 Å². The summed E-state index contributed by atoms with van der Waals surface area (Å²) in [6, 6.07) is 11.8. The molecule has 2 heterocycles. The molecule has 0 bridgehead atoms. The summed E-state index contributed by atoms with van der Waals surface area (Å²) in [5.41, 5.74) is 2.80. The van der Waals surface area contributed by atoms with E-state index in [1.54, 1.807) is 18.4 Å². The number of carbonyl (C=O) groups excluding carboxylic acids is 3. The monoisotopic (exact) mass is 438 g/mol. The number of nitrogens with one attached hydrogen (secondary N) is 1. The summed E-state index contributed by atoms with van der Waals surface area (Å²) in [4.78, 5) is 38.2. The van der Waals surface area contributed by atoms with Gasteiger partial charge in [0.2, 0.25) is 5.91 Å². The van der Waals surface area contributed by atoms with Crippen molar-refractivity contribution in [3.05, 3.63) is 76.1 Å². The van der Waals surface area contributed by atoms with Crippen molar-refractivity contribution in [2.24, 2.45) is 0 Å². The molecular weight excluding hydrogens is 419 g/mol. The lowest BCUT2D eigenvalue weighted by molar-refractivity contribution is -0.124. The number of imide groups is 1. The molecule has 1 aliphatic heterocycles. The van der Waals surface area contributed by atoms with Crippen molar-refractivity contribution in [1.82, 2.24) is 10.2 Å². The molecule has 0 atom stereocenters. The van der Waals surface area contributed by atoms with Gasteiger partial charge in [-0.3, -0.25) is 19.3 Å². The van der Waals surface area contributed by atoms with E-state index >= 15 is 0 Å². The fourth-order valence-corrected chi connectivity index (χ4v) is 4.15. The lowest BCUT2D eigenvalue weighted by Gasteiger charge is -2.12. The molecule has 2 aromatic carbocycles. The van der Waals surface area contributed by atoms with E-state index in [1.807, 2.05) is 25.1 Å². The van der Waals surface area contributed by atoms with E-state index in [0.717, 1.165) is 38.8 Å². The minimum absolute atomic E-state index is 0.0380. The third kappa shape index (κ3) is 4.54. The Labute approximate surface area is 182 Å². The first-order chi connectivity index (χ1) is 14.9. The number of carbonyl (C=O) groups is 3. The van der Waals surface area contributed by atoms with Crippen LogP contribution >= 0.6 is 11.8 Å². The number of thioether (sulfide) groups is 1. The summed E-state index contributed by atoms with van der Waals surface area (Å²) < 4.78 is 19.3. The fourth-order valence-electron chi connectivity index (χ4n) is 3.30. The van der Waals surface area contributed by atoms with Crippen molar-refractivity contribution in [3.8, 4) is 0 Å². The summed E-state index contributed by atoms with van der Waals surface area (Å²) in [6.45, 7) is 2.12. The van der Waals surface area contributed by atoms with Gasteiger partial charge in [-0.15, -0.1) is 0 Å². The van der Waals surface area contributed by atoms with Crippen molar-refractivity contribution in [2.45, 2.75) is 13.3 Å². The van der Waals surface area contributed by atoms with Gasteiger partial charge in [0.25, 0.3) is 11.1 Å². The maximum absolute atomic E-state index is 13.8. The van der Waals surface area contributed by atoms with E-state index in [-0.39, 0.29) is 35.9 Å². The third-order valence-electron chi connectivity index (χ3n) is 4.89. The molecule has 158 valence electrons. The second kappa shape index (κ2) is 8.77. The van der Waals surface area contributed by atoms with E-state index in [1.165, 1.54) is 18.2 Å². The number of hydrogen-bond acceptors (Lipinski definition) is 5. The van der Waals surface area contributed by atoms with Crippen molar-refractivity contribution in [2.75, 3.05) is 13.1 Å². The first-order valence-electron chi connectivity index (χ1n) is 9.65. The highest BCUT2D eigenvalue weighted by Crippen LogP contribution is 2.32. The molecule has 8 heteroatoms. The molecule has 0 unspecified atom stereocenters. The Hall–Kier alpha value is -3.39. The Morgan fingerprint density at radius 2 is 2.03 bits per heavy atom. The molecule has 1 N–H and O–H groups in total. The van der Waals surface area contributed by atoms with E-state index in [4.69, 9.17) is 4.42 Å². The van der Waals surface area contributed by atoms with Crippen LogP contribution in [0.5, 0.6) is 0 Å². The van der Waals surface area contributed by atoms with Crippen LogP contribution in [0.2, 0.25) is 0 Å². The largest absolute Gasteiger partial charge is 0.464 e. The Morgan fingerprint density at radius 3 is 2.84 bits per heavy atom. The van der Waals surface area contributed by atoms with Crippen LogP contribution in [0, 0.1) is 12.7 Å². The van der Waals surface area contributed by atoms with Gasteiger partial charge in [-0.2, -0.15) is 0 Å². The number of aryl methyl sites for hydroxylation is 1. The first-order valence-corrected chi connectivity index (χ1v) is 10.5. The zero-order valence-electron chi connectivity index (χ0n) is 16.7. The van der Waals surface area contributed by atoms with E-state index in [2.05, 4.69) is 5.32 Å². The van der Waals surface area contributed by atoms with Crippen molar-refractivity contribution in [3.63, 3.8) is 0 Å². The molecular formula is C23H19FN2O4S. The SMILES string of the molecule is Cc1ccc2c(CC(=O)NCCN3C(=O)S/C(=C/c4ccccc4F)C3=O)coc2c1. The highest BCUT2D eigenvalue weighted by Gasteiger charge is 2.34. The highest BCUT2D eigenvalue weighted by atomic mass is 32.2. The maximum atomic E-state index is 13.8. The number of amides is 3.